The normalized spacial score (nSPS) is 19.0. The van der Waals surface area contributed by atoms with E-state index in [9.17, 15) is 14.0 Å². The van der Waals surface area contributed by atoms with E-state index in [1.54, 1.807) is 28.5 Å². The summed E-state index contributed by atoms with van der Waals surface area (Å²) in [6, 6.07) is 5.19. The van der Waals surface area contributed by atoms with Crippen LogP contribution in [0.4, 0.5) is 4.39 Å². The van der Waals surface area contributed by atoms with E-state index < -0.39 is 11.9 Å². The summed E-state index contributed by atoms with van der Waals surface area (Å²) in [5, 5.41) is 8.68. The zero-order valence-electron chi connectivity index (χ0n) is 17.6. The van der Waals surface area contributed by atoms with Crippen LogP contribution >= 0.6 is 11.5 Å². The first kappa shape index (κ1) is 21.9. The largest absolute Gasteiger partial charge is 0.351 e. The summed E-state index contributed by atoms with van der Waals surface area (Å²) in [6.45, 7) is 0. The summed E-state index contributed by atoms with van der Waals surface area (Å²) < 4.78 is 18.8. The van der Waals surface area contributed by atoms with Crippen LogP contribution in [-0.4, -0.2) is 38.4 Å². The Balaban J connectivity index is 1.72. The summed E-state index contributed by atoms with van der Waals surface area (Å²) in [5.74, 6) is -1.14. The van der Waals surface area contributed by atoms with Crippen molar-refractivity contribution in [3.63, 3.8) is 0 Å². The number of hydrogen-bond acceptors (Lipinski definition) is 5. The molecule has 4 rings (SSSR count). The molecule has 2 aromatic rings. The number of benzene rings is 1. The first-order valence-electron chi connectivity index (χ1n) is 11.3. The van der Waals surface area contributed by atoms with Crippen LogP contribution in [0.15, 0.2) is 29.6 Å². The first-order valence-corrected chi connectivity index (χ1v) is 12.1. The molecular formula is C23H29FN4O2S. The fourth-order valence-electron chi connectivity index (χ4n) is 4.88. The van der Waals surface area contributed by atoms with Crippen LogP contribution in [0.25, 0.3) is 0 Å². The highest BCUT2D eigenvalue weighted by molar-refractivity contribution is 7.03. The Labute approximate surface area is 186 Å². The van der Waals surface area contributed by atoms with Crippen LogP contribution in [0.1, 0.15) is 86.3 Å². The van der Waals surface area contributed by atoms with Gasteiger partial charge in [-0.1, -0.05) is 61.2 Å². The highest BCUT2D eigenvalue weighted by Gasteiger charge is 2.40. The summed E-state index contributed by atoms with van der Waals surface area (Å²) >= 11 is 1.10. The number of aromatic nitrogens is 2. The molecule has 8 heteroatoms. The molecule has 0 spiro atoms. The highest BCUT2D eigenvalue weighted by Crippen LogP contribution is 2.33. The van der Waals surface area contributed by atoms with Crippen molar-refractivity contribution in [1.82, 2.24) is 19.8 Å². The average molecular weight is 445 g/mol. The quantitative estimate of drug-likeness (QED) is 0.704. The van der Waals surface area contributed by atoms with Gasteiger partial charge in [-0.3, -0.25) is 9.59 Å². The molecule has 0 bridgehead atoms. The maximum absolute atomic E-state index is 15.0. The zero-order valence-corrected chi connectivity index (χ0v) is 18.5. The first-order chi connectivity index (χ1) is 15.1. The van der Waals surface area contributed by atoms with Crippen LogP contribution in [0, 0.1) is 5.82 Å². The molecule has 2 saturated carbocycles. The Bertz CT molecular complexity index is 879. The summed E-state index contributed by atoms with van der Waals surface area (Å²) in [6.07, 6.45) is 9.83. The molecule has 0 radical (unpaired) electrons. The third-order valence-corrected chi connectivity index (χ3v) is 6.96. The Hall–Kier alpha value is -2.35. The standard InChI is InChI=1S/C23H29FN4O2S/c24-19-14-8-7-13-18(19)21(22(29)25-16-9-3-1-4-10-16)28(17-11-5-2-6-12-17)23(30)20-15-31-27-26-20/h7-8,13-17,21H,1-6,9-12H2,(H,25,29)/t21-/m0/s1. The smallest absolute Gasteiger partial charge is 0.276 e. The van der Waals surface area contributed by atoms with Gasteiger partial charge in [-0.05, 0) is 43.3 Å². The third-order valence-electron chi connectivity index (χ3n) is 6.46. The molecule has 0 aliphatic heterocycles. The molecule has 1 aromatic heterocycles. The molecule has 2 fully saturated rings. The Kier molecular flexibility index (Phi) is 7.27. The maximum Gasteiger partial charge on any atom is 0.276 e. The lowest BCUT2D eigenvalue weighted by Crippen LogP contribution is -2.51. The van der Waals surface area contributed by atoms with Crippen molar-refractivity contribution in [3.8, 4) is 0 Å². The van der Waals surface area contributed by atoms with Crippen LogP contribution < -0.4 is 5.32 Å². The van der Waals surface area contributed by atoms with Crippen molar-refractivity contribution in [3.05, 3.63) is 46.7 Å². The van der Waals surface area contributed by atoms with Crippen molar-refractivity contribution in [2.75, 3.05) is 0 Å². The predicted molar refractivity (Wildman–Crippen MR) is 117 cm³/mol. The molecule has 2 aliphatic rings. The number of nitrogens with zero attached hydrogens (tertiary/aromatic N) is 3. The Morgan fingerprint density at radius 3 is 2.35 bits per heavy atom. The van der Waals surface area contributed by atoms with Crippen molar-refractivity contribution in [1.29, 1.82) is 0 Å². The second-order valence-corrected chi connectivity index (χ2v) is 9.17. The van der Waals surface area contributed by atoms with Gasteiger partial charge in [0.2, 0.25) is 5.91 Å². The van der Waals surface area contributed by atoms with E-state index in [1.807, 2.05) is 0 Å². The molecule has 6 nitrogen and oxygen atoms in total. The van der Waals surface area contributed by atoms with Crippen LogP contribution in [0.2, 0.25) is 0 Å². The van der Waals surface area contributed by atoms with E-state index in [2.05, 4.69) is 14.9 Å². The van der Waals surface area contributed by atoms with Gasteiger partial charge in [0.25, 0.3) is 5.91 Å². The molecule has 0 unspecified atom stereocenters. The molecule has 1 atom stereocenters. The van der Waals surface area contributed by atoms with Gasteiger partial charge in [0.1, 0.15) is 11.9 Å². The topological polar surface area (TPSA) is 75.2 Å². The van der Waals surface area contributed by atoms with Gasteiger partial charge in [-0.2, -0.15) is 0 Å². The third kappa shape index (κ3) is 5.11. The Morgan fingerprint density at radius 2 is 1.71 bits per heavy atom. The van der Waals surface area contributed by atoms with Gasteiger partial charge in [-0.15, -0.1) is 5.10 Å². The number of amides is 2. The lowest BCUT2D eigenvalue weighted by Gasteiger charge is -2.40. The monoisotopic (exact) mass is 444 g/mol. The van der Waals surface area contributed by atoms with Gasteiger partial charge >= 0.3 is 0 Å². The Morgan fingerprint density at radius 1 is 1.03 bits per heavy atom. The fraction of sp³-hybridized carbons (Fsp3) is 0.565. The van der Waals surface area contributed by atoms with Gasteiger partial charge < -0.3 is 10.2 Å². The van der Waals surface area contributed by atoms with Gasteiger partial charge in [0.15, 0.2) is 5.69 Å². The fourth-order valence-corrected chi connectivity index (χ4v) is 5.31. The number of carbonyl (C=O) groups excluding carboxylic acids is 2. The number of hydrogen-bond donors (Lipinski definition) is 1. The highest BCUT2D eigenvalue weighted by atomic mass is 32.1. The summed E-state index contributed by atoms with van der Waals surface area (Å²) in [5.41, 5.74) is 0.445. The van der Waals surface area contributed by atoms with Crippen LogP contribution in [0.5, 0.6) is 0 Å². The van der Waals surface area contributed by atoms with E-state index in [0.29, 0.717) is 0 Å². The average Bonchev–Trinajstić information content (AvgIpc) is 3.34. The van der Waals surface area contributed by atoms with E-state index in [-0.39, 0.29) is 35.2 Å². The number of nitrogens with one attached hydrogen (secondary N) is 1. The molecule has 2 amide bonds. The molecule has 1 N–H and O–H groups in total. The lowest BCUT2D eigenvalue weighted by molar-refractivity contribution is -0.128. The van der Waals surface area contributed by atoms with Crippen LogP contribution in [-0.2, 0) is 4.79 Å². The number of rotatable bonds is 6. The van der Waals surface area contributed by atoms with Crippen LogP contribution in [0.3, 0.4) is 0 Å². The SMILES string of the molecule is O=C(NC1CCCCC1)[C@H](c1ccccc1F)N(C(=O)c1csnn1)C1CCCCC1. The van der Waals surface area contributed by atoms with Crippen molar-refractivity contribution < 1.29 is 14.0 Å². The molecule has 31 heavy (non-hydrogen) atoms. The van der Waals surface area contributed by atoms with Gasteiger partial charge in [-0.25, -0.2) is 4.39 Å². The minimum Gasteiger partial charge on any atom is -0.351 e. The van der Waals surface area contributed by atoms with E-state index in [4.69, 9.17) is 0 Å². The summed E-state index contributed by atoms with van der Waals surface area (Å²) in [4.78, 5) is 28.8. The zero-order chi connectivity index (χ0) is 21.6. The van der Waals surface area contributed by atoms with Crippen molar-refractivity contribution >= 4 is 23.3 Å². The molecule has 1 heterocycles. The predicted octanol–water partition coefficient (Wildman–Crippen LogP) is 4.64. The molecule has 0 saturated heterocycles. The van der Waals surface area contributed by atoms with Gasteiger partial charge in [0, 0.05) is 23.0 Å². The maximum atomic E-state index is 15.0. The van der Waals surface area contributed by atoms with E-state index in [1.165, 1.54) is 12.5 Å². The van der Waals surface area contributed by atoms with E-state index in [0.717, 1.165) is 69.3 Å². The lowest BCUT2D eigenvalue weighted by atomic mass is 9.90. The molecule has 166 valence electrons. The van der Waals surface area contributed by atoms with Crippen molar-refractivity contribution in [2.24, 2.45) is 0 Å². The molecule has 2 aliphatic carbocycles. The van der Waals surface area contributed by atoms with Crippen molar-refractivity contribution in [2.45, 2.75) is 82.3 Å². The van der Waals surface area contributed by atoms with Gasteiger partial charge in [0.05, 0.1) is 0 Å². The van der Waals surface area contributed by atoms with E-state index >= 15 is 0 Å². The summed E-state index contributed by atoms with van der Waals surface area (Å²) in [7, 11) is 0. The molecule has 1 aromatic carbocycles. The minimum atomic E-state index is -1.03. The number of carbonyl (C=O) groups is 2. The molecular weight excluding hydrogens is 415 g/mol. The second kappa shape index (κ2) is 10.3. The second-order valence-electron chi connectivity index (χ2n) is 8.56. The number of halogens is 1. The minimum absolute atomic E-state index is 0.0692.